The van der Waals surface area contributed by atoms with Gasteiger partial charge in [-0.25, -0.2) is 0 Å². The first kappa shape index (κ1) is 15.8. The van der Waals surface area contributed by atoms with Crippen molar-refractivity contribution in [3.8, 4) is 0 Å². The molecule has 0 aliphatic heterocycles. The molecule has 1 aliphatic carbocycles. The number of nitrogens with zero attached hydrogens (tertiary/aromatic N) is 3. The fourth-order valence-corrected chi connectivity index (χ4v) is 2.63. The third-order valence-corrected chi connectivity index (χ3v) is 3.95. The van der Waals surface area contributed by atoms with Gasteiger partial charge in [-0.05, 0) is 12.8 Å². The van der Waals surface area contributed by atoms with Gasteiger partial charge in [-0.15, -0.1) is 0 Å². The quantitative estimate of drug-likeness (QED) is 0.445. The van der Waals surface area contributed by atoms with E-state index in [-0.39, 0.29) is 12.0 Å². The van der Waals surface area contributed by atoms with Gasteiger partial charge in [0.1, 0.15) is 0 Å². The summed E-state index contributed by atoms with van der Waals surface area (Å²) in [6.45, 7) is 1.06. The molecule has 0 amide bonds. The van der Waals surface area contributed by atoms with Gasteiger partial charge in [-0.2, -0.15) is 5.10 Å². The Morgan fingerprint density at radius 2 is 2.33 bits per heavy atom. The van der Waals surface area contributed by atoms with Crippen LogP contribution >= 0.6 is 0 Å². The van der Waals surface area contributed by atoms with E-state index in [0.29, 0.717) is 19.0 Å². The van der Waals surface area contributed by atoms with Crippen LogP contribution in [-0.4, -0.2) is 52.2 Å². The van der Waals surface area contributed by atoms with Gasteiger partial charge in [0.15, 0.2) is 5.96 Å². The van der Waals surface area contributed by atoms with E-state index in [1.54, 1.807) is 24.1 Å². The van der Waals surface area contributed by atoms with Gasteiger partial charge in [0, 0.05) is 44.9 Å². The Kier molecular flexibility index (Phi) is 5.58. The molecule has 0 aromatic carbocycles. The molecule has 7 heteroatoms. The molecule has 0 saturated heterocycles. The van der Waals surface area contributed by atoms with E-state index >= 15 is 0 Å². The zero-order valence-corrected chi connectivity index (χ0v) is 12.7. The first-order valence-corrected chi connectivity index (χ1v) is 7.39. The molecular weight excluding hydrogens is 270 g/mol. The number of aliphatic hydroxyl groups excluding tert-OH is 2. The second-order valence-corrected chi connectivity index (χ2v) is 5.56. The molecule has 1 aromatic rings. The SMILES string of the molecule is CN=C(NCC(O)c1cnn(C)c1)NCC1CCCC1O. The topological polar surface area (TPSA) is 94.7 Å². The minimum Gasteiger partial charge on any atom is -0.393 e. The second kappa shape index (κ2) is 7.42. The fraction of sp³-hybridized carbons (Fsp3) is 0.714. The van der Waals surface area contributed by atoms with E-state index < -0.39 is 6.10 Å². The monoisotopic (exact) mass is 295 g/mol. The van der Waals surface area contributed by atoms with E-state index in [9.17, 15) is 10.2 Å². The molecule has 1 fully saturated rings. The normalized spacial score (nSPS) is 24.1. The largest absolute Gasteiger partial charge is 0.393 e. The average molecular weight is 295 g/mol. The third kappa shape index (κ3) is 4.44. The summed E-state index contributed by atoms with van der Waals surface area (Å²) < 4.78 is 1.66. The molecule has 1 saturated carbocycles. The van der Waals surface area contributed by atoms with Gasteiger partial charge in [0.25, 0.3) is 0 Å². The lowest BCUT2D eigenvalue weighted by atomic mass is 10.1. The highest BCUT2D eigenvalue weighted by atomic mass is 16.3. The zero-order chi connectivity index (χ0) is 15.2. The lowest BCUT2D eigenvalue weighted by molar-refractivity contribution is 0.134. The molecule has 0 radical (unpaired) electrons. The van der Waals surface area contributed by atoms with Crippen LogP contribution in [0.2, 0.25) is 0 Å². The highest BCUT2D eigenvalue weighted by molar-refractivity contribution is 5.79. The van der Waals surface area contributed by atoms with Crippen molar-refractivity contribution in [3.63, 3.8) is 0 Å². The highest BCUT2D eigenvalue weighted by Gasteiger charge is 2.25. The number of guanidine groups is 1. The van der Waals surface area contributed by atoms with Crippen LogP contribution in [0.3, 0.4) is 0 Å². The second-order valence-electron chi connectivity index (χ2n) is 5.56. The smallest absolute Gasteiger partial charge is 0.191 e. The summed E-state index contributed by atoms with van der Waals surface area (Å²) in [6, 6.07) is 0. The van der Waals surface area contributed by atoms with Gasteiger partial charge in [-0.1, -0.05) is 6.42 Å². The molecule has 0 spiro atoms. The van der Waals surface area contributed by atoms with Crippen molar-refractivity contribution in [2.45, 2.75) is 31.5 Å². The van der Waals surface area contributed by atoms with Gasteiger partial charge >= 0.3 is 0 Å². The Morgan fingerprint density at radius 1 is 1.52 bits per heavy atom. The van der Waals surface area contributed by atoms with Gasteiger partial charge < -0.3 is 20.8 Å². The predicted octanol–water partition coefficient (Wildman–Crippen LogP) is -0.220. The number of nitrogens with one attached hydrogen (secondary N) is 2. The average Bonchev–Trinajstić information content (AvgIpc) is 3.08. The lowest BCUT2D eigenvalue weighted by Gasteiger charge is -2.18. The third-order valence-electron chi connectivity index (χ3n) is 3.95. The van der Waals surface area contributed by atoms with E-state index in [4.69, 9.17) is 0 Å². The van der Waals surface area contributed by atoms with E-state index in [1.165, 1.54) is 0 Å². The Hall–Kier alpha value is -1.60. The van der Waals surface area contributed by atoms with Crippen LogP contribution in [0.5, 0.6) is 0 Å². The van der Waals surface area contributed by atoms with Gasteiger partial charge in [-0.3, -0.25) is 9.67 Å². The van der Waals surface area contributed by atoms with Gasteiger partial charge in [0.05, 0.1) is 18.4 Å². The standard InChI is InChI=1S/C14H25N5O2/c1-15-14(16-6-10-4-3-5-12(10)20)17-8-13(21)11-7-18-19(2)9-11/h7,9-10,12-13,20-21H,3-6,8H2,1-2H3,(H2,15,16,17). The molecule has 4 N–H and O–H groups in total. The maximum Gasteiger partial charge on any atom is 0.191 e. The minimum atomic E-state index is -0.630. The molecule has 1 aromatic heterocycles. The van der Waals surface area contributed by atoms with Crippen molar-refractivity contribution in [3.05, 3.63) is 18.0 Å². The zero-order valence-electron chi connectivity index (χ0n) is 12.7. The Morgan fingerprint density at radius 3 is 2.90 bits per heavy atom. The predicted molar refractivity (Wildman–Crippen MR) is 80.9 cm³/mol. The molecule has 0 bridgehead atoms. The Bertz CT molecular complexity index is 474. The Balaban J connectivity index is 1.75. The summed E-state index contributed by atoms with van der Waals surface area (Å²) in [4.78, 5) is 4.13. The summed E-state index contributed by atoms with van der Waals surface area (Å²) in [5.41, 5.74) is 0.770. The van der Waals surface area contributed by atoms with Gasteiger partial charge in [0.2, 0.25) is 0 Å². The highest BCUT2D eigenvalue weighted by Crippen LogP contribution is 2.24. The number of aliphatic imine (C=N–C) groups is 1. The van der Waals surface area contributed by atoms with E-state index in [0.717, 1.165) is 24.8 Å². The lowest BCUT2D eigenvalue weighted by Crippen LogP contribution is -2.42. The molecule has 1 aliphatic rings. The number of hydrogen-bond donors (Lipinski definition) is 4. The summed E-state index contributed by atoms with van der Waals surface area (Å²) >= 11 is 0. The number of aromatic nitrogens is 2. The van der Waals surface area contributed by atoms with Crippen molar-refractivity contribution >= 4 is 5.96 Å². The molecule has 3 unspecified atom stereocenters. The summed E-state index contributed by atoms with van der Waals surface area (Å²) in [5.74, 6) is 0.920. The van der Waals surface area contributed by atoms with Crippen LogP contribution in [0, 0.1) is 5.92 Å². The number of hydrogen-bond acceptors (Lipinski definition) is 4. The van der Waals surface area contributed by atoms with Crippen molar-refractivity contribution < 1.29 is 10.2 Å². The fourth-order valence-electron chi connectivity index (χ4n) is 2.63. The van der Waals surface area contributed by atoms with Crippen molar-refractivity contribution in [1.82, 2.24) is 20.4 Å². The number of rotatable bonds is 5. The van der Waals surface area contributed by atoms with Crippen molar-refractivity contribution in [1.29, 1.82) is 0 Å². The van der Waals surface area contributed by atoms with E-state index in [2.05, 4.69) is 20.7 Å². The van der Waals surface area contributed by atoms with Crippen LogP contribution < -0.4 is 10.6 Å². The molecule has 118 valence electrons. The number of aryl methyl sites for hydroxylation is 1. The van der Waals surface area contributed by atoms with Crippen LogP contribution in [0.1, 0.15) is 30.9 Å². The first-order chi connectivity index (χ1) is 10.1. The Labute approximate surface area is 125 Å². The molecule has 21 heavy (non-hydrogen) atoms. The van der Waals surface area contributed by atoms with Crippen molar-refractivity contribution in [2.75, 3.05) is 20.1 Å². The van der Waals surface area contributed by atoms with Crippen LogP contribution in [-0.2, 0) is 7.05 Å². The molecular formula is C14H25N5O2. The maximum atomic E-state index is 10.1. The summed E-state index contributed by atoms with van der Waals surface area (Å²) in [5, 5.41) is 30.2. The molecule has 3 atom stereocenters. The number of aliphatic hydroxyl groups is 2. The van der Waals surface area contributed by atoms with E-state index in [1.807, 2.05) is 7.05 Å². The first-order valence-electron chi connectivity index (χ1n) is 7.39. The van der Waals surface area contributed by atoms with Crippen molar-refractivity contribution in [2.24, 2.45) is 18.0 Å². The van der Waals surface area contributed by atoms with Crippen LogP contribution in [0.4, 0.5) is 0 Å². The van der Waals surface area contributed by atoms with Crippen LogP contribution in [0.15, 0.2) is 17.4 Å². The maximum absolute atomic E-state index is 10.1. The summed E-state index contributed by atoms with van der Waals surface area (Å²) in [6.07, 6.45) is 5.61. The molecule has 2 rings (SSSR count). The minimum absolute atomic E-state index is 0.211. The molecule has 1 heterocycles. The van der Waals surface area contributed by atoms with Crippen LogP contribution in [0.25, 0.3) is 0 Å². The molecule has 7 nitrogen and oxygen atoms in total. The summed E-state index contributed by atoms with van der Waals surface area (Å²) in [7, 11) is 3.51.